The van der Waals surface area contributed by atoms with Crippen LogP contribution in [0.3, 0.4) is 0 Å². The molecule has 3 aromatic heterocycles. The van der Waals surface area contributed by atoms with Crippen molar-refractivity contribution in [3.8, 4) is 0 Å². The molecule has 4 heterocycles. The fourth-order valence-electron chi connectivity index (χ4n) is 3.49. The highest BCUT2D eigenvalue weighted by Crippen LogP contribution is 2.39. The molecule has 0 bridgehead atoms. The topological polar surface area (TPSA) is 111 Å². The minimum atomic E-state index is -1.22. The van der Waals surface area contributed by atoms with Gasteiger partial charge in [0.25, 0.3) is 0 Å². The molecule has 0 radical (unpaired) electrons. The second-order valence-corrected chi connectivity index (χ2v) is 7.03. The van der Waals surface area contributed by atoms with Gasteiger partial charge in [-0.1, -0.05) is 0 Å². The minimum Gasteiger partial charge on any atom is -0.480 e. The highest BCUT2D eigenvalue weighted by molar-refractivity contribution is 5.78. The number of alkyl halides is 1. The molecule has 0 aromatic carbocycles. The van der Waals surface area contributed by atoms with Gasteiger partial charge in [-0.2, -0.15) is 15.1 Å². The second-order valence-electron chi connectivity index (χ2n) is 7.03. The lowest BCUT2D eigenvalue weighted by Gasteiger charge is -2.21. The third-order valence-corrected chi connectivity index (χ3v) is 5.02. The second kappa shape index (κ2) is 5.93. The number of carboxylic acids is 1. The summed E-state index contributed by atoms with van der Waals surface area (Å²) in [6, 6.07) is 4.57. The Kier molecular flexibility index (Phi) is 3.52. The number of aromatic nitrogens is 5. The molecule has 1 saturated heterocycles. The Balaban J connectivity index is 1.51. The summed E-state index contributed by atoms with van der Waals surface area (Å²) in [5, 5.41) is 19.9. The summed E-state index contributed by atoms with van der Waals surface area (Å²) < 4.78 is 15.6. The van der Waals surface area contributed by atoms with E-state index in [1.165, 1.54) is 4.90 Å². The molecule has 10 heteroatoms. The molecule has 5 rings (SSSR count). The number of aromatic amines is 1. The van der Waals surface area contributed by atoms with Gasteiger partial charge in [0.05, 0.1) is 6.54 Å². The summed E-state index contributed by atoms with van der Waals surface area (Å²) in [4.78, 5) is 21.8. The predicted octanol–water partition coefficient (Wildman–Crippen LogP) is 2.07. The van der Waals surface area contributed by atoms with Crippen LogP contribution in [-0.4, -0.2) is 54.4 Å². The minimum absolute atomic E-state index is 0.0402. The largest absolute Gasteiger partial charge is 0.480 e. The Hall–Kier alpha value is -3.17. The SMILES string of the molecule is O=C(O)[C@@H]1C[C@H](F)CN1c1nc(Nc2cc(C3CC3)[nH]n2)n2cccc2n1. The third kappa shape index (κ3) is 2.86. The maximum Gasteiger partial charge on any atom is 0.326 e. The van der Waals surface area contributed by atoms with E-state index in [0.717, 1.165) is 18.5 Å². The van der Waals surface area contributed by atoms with Gasteiger partial charge in [0.1, 0.15) is 17.9 Å². The molecule has 1 aliphatic carbocycles. The molecule has 1 aliphatic heterocycles. The van der Waals surface area contributed by atoms with Crippen LogP contribution in [0.2, 0.25) is 0 Å². The maximum absolute atomic E-state index is 13.9. The van der Waals surface area contributed by atoms with Crippen molar-refractivity contribution in [2.45, 2.75) is 37.4 Å². The first-order chi connectivity index (χ1) is 13.1. The van der Waals surface area contributed by atoms with Crippen molar-refractivity contribution in [1.29, 1.82) is 0 Å². The van der Waals surface area contributed by atoms with Gasteiger partial charge in [0.15, 0.2) is 5.82 Å². The number of fused-ring (bicyclic) bond motifs is 1. The van der Waals surface area contributed by atoms with Crippen LogP contribution in [0.4, 0.5) is 22.1 Å². The Morgan fingerprint density at radius 2 is 2.22 bits per heavy atom. The molecule has 9 nitrogen and oxygen atoms in total. The third-order valence-electron chi connectivity index (χ3n) is 5.02. The fraction of sp³-hybridized carbons (Fsp3) is 0.412. The van der Waals surface area contributed by atoms with Crippen LogP contribution in [-0.2, 0) is 4.79 Å². The van der Waals surface area contributed by atoms with E-state index in [-0.39, 0.29) is 18.9 Å². The van der Waals surface area contributed by atoms with Crippen LogP contribution >= 0.6 is 0 Å². The van der Waals surface area contributed by atoms with Crippen molar-refractivity contribution in [3.63, 3.8) is 0 Å². The molecule has 2 aliphatic rings. The smallest absolute Gasteiger partial charge is 0.326 e. The number of anilines is 3. The first kappa shape index (κ1) is 16.0. The van der Waals surface area contributed by atoms with Gasteiger partial charge < -0.3 is 15.3 Å². The number of nitrogens with one attached hydrogen (secondary N) is 2. The molecule has 2 fully saturated rings. The molecule has 2 atom stereocenters. The van der Waals surface area contributed by atoms with Crippen molar-refractivity contribution < 1.29 is 14.3 Å². The van der Waals surface area contributed by atoms with E-state index in [2.05, 4.69) is 25.5 Å². The van der Waals surface area contributed by atoms with E-state index in [4.69, 9.17) is 0 Å². The number of hydrogen-bond acceptors (Lipinski definition) is 6. The Labute approximate surface area is 153 Å². The van der Waals surface area contributed by atoms with Gasteiger partial charge in [0.2, 0.25) is 11.9 Å². The molecule has 1 saturated carbocycles. The molecular formula is C17H18FN7O2. The number of carbonyl (C=O) groups is 1. The van der Waals surface area contributed by atoms with E-state index in [1.807, 2.05) is 12.1 Å². The van der Waals surface area contributed by atoms with Crippen molar-refractivity contribution in [1.82, 2.24) is 24.6 Å². The van der Waals surface area contributed by atoms with Crippen LogP contribution in [0.5, 0.6) is 0 Å². The zero-order valence-electron chi connectivity index (χ0n) is 14.3. The van der Waals surface area contributed by atoms with Gasteiger partial charge in [-0.25, -0.2) is 9.18 Å². The number of rotatable bonds is 5. The lowest BCUT2D eigenvalue weighted by molar-refractivity contribution is -0.138. The van der Waals surface area contributed by atoms with Crippen molar-refractivity contribution in [2.75, 3.05) is 16.8 Å². The quantitative estimate of drug-likeness (QED) is 0.629. The van der Waals surface area contributed by atoms with Crippen LogP contribution in [0, 0.1) is 0 Å². The number of nitrogens with zero attached hydrogens (tertiary/aromatic N) is 5. The number of carboxylic acid groups (broad SMARTS) is 1. The maximum atomic E-state index is 13.9. The van der Waals surface area contributed by atoms with Crippen molar-refractivity contribution >= 4 is 29.3 Å². The fourth-order valence-corrected chi connectivity index (χ4v) is 3.49. The van der Waals surface area contributed by atoms with Crippen LogP contribution < -0.4 is 10.2 Å². The average molecular weight is 371 g/mol. The number of hydrogen-bond donors (Lipinski definition) is 3. The van der Waals surface area contributed by atoms with Crippen molar-refractivity contribution in [3.05, 3.63) is 30.1 Å². The number of halogens is 1. The van der Waals surface area contributed by atoms with E-state index in [1.54, 1.807) is 16.7 Å². The van der Waals surface area contributed by atoms with E-state index in [0.29, 0.717) is 23.3 Å². The molecule has 3 aromatic rings. The first-order valence-corrected chi connectivity index (χ1v) is 8.89. The van der Waals surface area contributed by atoms with Gasteiger partial charge in [-0.05, 0) is 25.0 Å². The highest BCUT2D eigenvalue weighted by atomic mass is 19.1. The molecule has 0 unspecified atom stereocenters. The molecule has 0 amide bonds. The van der Waals surface area contributed by atoms with E-state index in [9.17, 15) is 14.3 Å². The summed E-state index contributed by atoms with van der Waals surface area (Å²) in [7, 11) is 0. The summed E-state index contributed by atoms with van der Waals surface area (Å²) in [6.45, 7) is -0.0402. The van der Waals surface area contributed by atoms with E-state index >= 15 is 0 Å². The van der Waals surface area contributed by atoms with Crippen molar-refractivity contribution in [2.24, 2.45) is 0 Å². The normalized spacial score (nSPS) is 22.5. The Morgan fingerprint density at radius 1 is 1.37 bits per heavy atom. The zero-order valence-corrected chi connectivity index (χ0v) is 14.3. The van der Waals surface area contributed by atoms with Crippen LogP contribution in [0.25, 0.3) is 5.65 Å². The number of H-pyrrole nitrogens is 1. The summed E-state index contributed by atoms with van der Waals surface area (Å²) in [6.07, 6.45) is 2.83. The van der Waals surface area contributed by atoms with Crippen LogP contribution in [0.15, 0.2) is 24.4 Å². The zero-order chi connectivity index (χ0) is 18.5. The van der Waals surface area contributed by atoms with Gasteiger partial charge >= 0.3 is 5.97 Å². The molecule has 3 N–H and O–H groups in total. The first-order valence-electron chi connectivity index (χ1n) is 8.89. The lowest BCUT2D eigenvalue weighted by atomic mass is 10.2. The van der Waals surface area contributed by atoms with Gasteiger partial charge in [-0.15, -0.1) is 0 Å². The molecule has 140 valence electrons. The summed E-state index contributed by atoms with van der Waals surface area (Å²) in [5.41, 5.74) is 1.67. The summed E-state index contributed by atoms with van der Waals surface area (Å²) >= 11 is 0. The lowest BCUT2D eigenvalue weighted by Crippen LogP contribution is -2.37. The monoisotopic (exact) mass is 371 g/mol. The average Bonchev–Trinajstić information content (AvgIpc) is 3.05. The van der Waals surface area contributed by atoms with Gasteiger partial charge in [-0.3, -0.25) is 9.50 Å². The highest BCUT2D eigenvalue weighted by Gasteiger charge is 2.39. The van der Waals surface area contributed by atoms with Gasteiger partial charge in [0, 0.05) is 30.3 Å². The number of aliphatic carboxylic acids is 1. The Bertz CT molecular complexity index is 1010. The summed E-state index contributed by atoms with van der Waals surface area (Å²) in [5.74, 6) is 0.721. The molecular weight excluding hydrogens is 353 g/mol. The predicted molar refractivity (Wildman–Crippen MR) is 95.1 cm³/mol. The Morgan fingerprint density at radius 3 is 3.00 bits per heavy atom. The standard InChI is InChI=1S/C17H18FN7O2/c18-10-6-12(15(26)27)25(8-10)17-20-14-2-1-5-24(14)16(21-17)19-13-7-11(22-23-13)9-3-4-9/h1-2,5,7,9-10,12H,3-4,6,8H2,(H,26,27)(H2,19,20,21,22,23)/t10-,12-/m0/s1. The molecule has 27 heavy (non-hydrogen) atoms. The molecule has 0 spiro atoms. The van der Waals surface area contributed by atoms with E-state index < -0.39 is 18.2 Å². The van der Waals surface area contributed by atoms with Crippen LogP contribution in [0.1, 0.15) is 30.9 Å².